The largest absolute Gasteiger partial charge is 0.383 e. The number of nitrogens with one attached hydrogen (secondary N) is 1. The monoisotopic (exact) mass is 264 g/mol. The second kappa shape index (κ2) is 7.53. The van der Waals surface area contributed by atoms with Crippen molar-refractivity contribution in [2.24, 2.45) is 0 Å². The van der Waals surface area contributed by atoms with E-state index in [1.165, 1.54) is 4.90 Å². The lowest BCUT2D eigenvalue weighted by molar-refractivity contribution is -0.137. The van der Waals surface area contributed by atoms with E-state index in [9.17, 15) is 9.59 Å². The Kier molecular flexibility index (Phi) is 6.02. The first-order chi connectivity index (χ1) is 9.10. The van der Waals surface area contributed by atoms with Gasteiger partial charge in [-0.05, 0) is 31.5 Å². The fourth-order valence-electron chi connectivity index (χ4n) is 1.70. The summed E-state index contributed by atoms with van der Waals surface area (Å²) in [5, 5.41) is 2.53. The van der Waals surface area contributed by atoms with E-state index in [4.69, 9.17) is 4.74 Å². The number of benzene rings is 1. The summed E-state index contributed by atoms with van der Waals surface area (Å²) < 4.78 is 4.82. The number of anilines is 1. The number of carbonyl (C=O) groups excluding carboxylic acids is 2. The number of carbonyl (C=O) groups is 2. The Morgan fingerprint density at radius 1 is 1.37 bits per heavy atom. The third-order valence-corrected chi connectivity index (χ3v) is 2.66. The second-order valence-electron chi connectivity index (χ2n) is 4.14. The van der Waals surface area contributed by atoms with Crippen LogP contribution in [0.1, 0.15) is 12.5 Å². The molecule has 19 heavy (non-hydrogen) atoms. The van der Waals surface area contributed by atoms with Gasteiger partial charge in [0.1, 0.15) is 0 Å². The molecule has 0 saturated heterocycles. The van der Waals surface area contributed by atoms with E-state index in [0.717, 1.165) is 11.3 Å². The van der Waals surface area contributed by atoms with Crippen LogP contribution in [-0.4, -0.2) is 38.6 Å². The molecule has 0 aliphatic carbocycles. The average molecular weight is 264 g/mol. The molecule has 1 aromatic carbocycles. The molecule has 0 radical (unpaired) electrons. The second-order valence-corrected chi connectivity index (χ2v) is 4.14. The van der Waals surface area contributed by atoms with Crippen LogP contribution in [0.3, 0.4) is 0 Å². The zero-order chi connectivity index (χ0) is 14.3. The fourth-order valence-corrected chi connectivity index (χ4v) is 1.70. The van der Waals surface area contributed by atoms with E-state index in [0.29, 0.717) is 19.7 Å². The quantitative estimate of drug-likeness (QED) is 0.640. The number of hydrogen-bond acceptors (Lipinski definition) is 3. The summed E-state index contributed by atoms with van der Waals surface area (Å²) in [7, 11) is 1.54. The summed E-state index contributed by atoms with van der Waals surface area (Å²) in [5.41, 5.74) is 1.78. The van der Waals surface area contributed by atoms with E-state index in [2.05, 4.69) is 5.32 Å². The molecule has 0 spiro atoms. The van der Waals surface area contributed by atoms with Crippen molar-refractivity contribution in [1.82, 2.24) is 5.32 Å². The van der Waals surface area contributed by atoms with Gasteiger partial charge >= 0.3 is 11.8 Å². The van der Waals surface area contributed by atoms with Gasteiger partial charge in [-0.2, -0.15) is 0 Å². The average Bonchev–Trinajstić information content (AvgIpc) is 2.39. The Morgan fingerprint density at radius 2 is 2.11 bits per heavy atom. The highest BCUT2D eigenvalue weighted by Crippen LogP contribution is 2.15. The van der Waals surface area contributed by atoms with Gasteiger partial charge in [0.2, 0.25) is 0 Å². The Labute approximate surface area is 113 Å². The Morgan fingerprint density at radius 3 is 2.68 bits per heavy atom. The molecule has 0 fully saturated rings. The zero-order valence-corrected chi connectivity index (χ0v) is 11.6. The molecule has 1 aromatic rings. The molecule has 2 amide bonds. The predicted molar refractivity (Wildman–Crippen MR) is 74.1 cm³/mol. The van der Waals surface area contributed by atoms with E-state index in [1.807, 2.05) is 38.1 Å². The molecule has 104 valence electrons. The molecule has 5 nitrogen and oxygen atoms in total. The molecule has 0 heterocycles. The molecule has 0 saturated carbocycles. The molecule has 1 N–H and O–H groups in total. The SMILES string of the molecule is CCN(C(=O)C(=O)NCCOC)c1cccc(C)c1. The molecular weight excluding hydrogens is 244 g/mol. The summed E-state index contributed by atoms with van der Waals surface area (Å²) in [6, 6.07) is 7.50. The minimum Gasteiger partial charge on any atom is -0.383 e. The molecule has 0 aliphatic rings. The first kappa shape index (κ1) is 15.2. The lowest BCUT2D eigenvalue weighted by atomic mass is 10.2. The van der Waals surface area contributed by atoms with Crippen LogP contribution in [0, 0.1) is 6.92 Å². The number of rotatable bonds is 5. The van der Waals surface area contributed by atoms with Crippen LogP contribution in [0.5, 0.6) is 0 Å². The van der Waals surface area contributed by atoms with Gasteiger partial charge < -0.3 is 15.0 Å². The van der Waals surface area contributed by atoms with E-state index in [1.54, 1.807) is 7.11 Å². The van der Waals surface area contributed by atoms with Crippen LogP contribution in [-0.2, 0) is 14.3 Å². The maximum atomic E-state index is 12.1. The van der Waals surface area contributed by atoms with Gasteiger partial charge in [0.15, 0.2) is 0 Å². The van der Waals surface area contributed by atoms with Crippen LogP contribution in [0.25, 0.3) is 0 Å². The summed E-state index contributed by atoms with van der Waals surface area (Å²) in [4.78, 5) is 25.2. The summed E-state index contributed by atoms with van der Waals surface area (Å²) >= 11 is 0. The Bertz CT molecular complexity index is 446. The Hall–Kier alpha value is -1.88. The molecule has 0 bridgehead atoms. The van der Waals surface area contributed by atoms with Crippen molar-refractivity contribution in [3.8, 4) is 0 Å². The van der Waals surface area contributed by atoms with Gasteiger partial charge in [-0.15, -0.1) is 0 Å². The highest BCUT2D eigenvalue weighted by atomic mass is 16.5. The van der Waals surface area contributed by atoms with E-state index < -0.39 is 11.8 Å². The first-order valence-corrected chi connectivity index (χ1v) is 6.25. The summed E-state index contributed by atoms with van der Waals surface area (Å²) in [6.07, 6.45) is 0. The number of hydrogen-bond donors (Lipinski definition) is 1. The topological polar surface area (TPSA) is 58.6 Å². The highest BCUT2D eigenvalue weighted by molar-refractivity contribution is 6.40. The zero-order valence-electron chi connectivity index (χ0n) is 11.6. The van der Waals surface area contributed by atoms with Crippen molar-refractivity contribution in [2.45, 2.75) is 13.8 Å². The number of methoxy groups -OCH3 is 1. The molecule has 0 aliphatic heterocycles. The molecular formula is C14H20N2O3. The van der Waals surface area contributed by atoms with Crippen molar-refractivity contribution < 1.29 is 14.3 Å². The van der Waals surface area contributed by atoms with E-state index >= 15 is 0 Å². The standard InChI is InChI=1S/C14H20N2O3/c1-4-16(12-7-5-6-11(2)10-12)14(18)13(17)15-8-9-19-3/h5-7,10H,4,8-9H2,1-3H3,(H,15,17). The van der Waals surface area contributed by atoms with Crippen LogP contribution < -0.4 is 10.2 Å². The van der Waals surface area contributed by atoms with Crippen molar-refractivity contribution in [3.05, 3.63) is 29.8 Å². The lowest BCUT2D eigenvalue weighted by Gasteiger charge is -2.20. The van der Waals surface area contributed by atoms with E-state index in [-0.39, 0.29) is 0 Å². The summed E-state index contributed by atoms with van der Waals surface area (Å²) in [6.45, 7) is 4.94. The third-order valence-electron chi connectivity index (χ3n) is 2.66. The fraction of sp³-hybridized carbons (Fsp3) is 0.429. The number of amides is 2. The molecule has 0 aromatic heterocycles. The first-order valence-electron chi connectivity index (χ1n) is 6.25. The molecule has 0 atom stereocenters. The van der Waals surface area contributed by atoms with Crippen molar-refractivity contribution in [2.75, 3.05) is 31.7 Å². The molecule has 0 unspecified atom stereocenters. The van der Waals surface area contributed by atoms with Gasteiger partial charge in [-0.25, -0.2) is 0 Å². The van der Waals surface area contributed by atoms with Crippen molar-refractivity contribution in [3.63, 3.8) is 0 Å². The van der Waals surface area contributed by atoms with Crippen LogP contribution in [0.4, 0.5) is 5.69 Å². The third kappa shape index (κ3) is 4.37. The maximum Gasteiger partial charge on any atom is 0.316 e. The molecule has 1 rings (SSSR count). The summed E-state index contributed by atoms with van der Waals surface area (Å²) in [5.74, 6) is -1.16. The Balaban J connectivity index is 2.74. The lowest BCUT2D eigenvalue weighted by Crippen LogP contribution is -2.44. The van der Waals surface area contributed by atoms with Crippen LogP contribution in [0.2, 0.25) is 0 Å². The van der Waals surface area contributed by atoms with Gasteiger partial charge in [-0.1, -0.05) is 12.1 Å². The minimum atomic E-state index is -0.611. The van der Waals surface area contributed by atoms with Gasteiger partial charge in [0, 0.05) is 25.9 Å². The highest BCUT2D eigenvalue weighted by Gasteiger charge is 2.21. The van der Waals surface area contributed by atoms with Crippen molar-refractivity contribution in [1.29, 1.82) is 0 Å². The maximum absolute atomic E-state index is 12.1. The molecule has 5 heteroatoms. The minimum absolute atomic E-state index is 0.326. The number of ether oxygens (including phenoxy) is 1. The number of aryl methyl sites for hydroxylation is 1. The van der Waals surface area contributed by atoms with Gasteiger partial charge in [0.25, 0.3) is 0 Å². The van der Waals surface area contributed by atoms with Gasteiger partial charge in [-0.3, -0.25) is 9.59 Å². The van der Waals surface area contributed by atoms with Crippen molar-refractivity contribution >= 4 is 17.5 Å². The van der Waals surface area contributed by atoms with Crippen LogP contribution >= 0.6 is 0 Å². The normalized spacial score (nSPS) is 10.1. The predicted octanol–water partition coefficient (Wildman–Crippen LogP) is 1.11. The smallest absolute Gasteiger partial charge is 0.316 e. The van der Waals surface area contributed by atoms with Gasteiger partial charge in [0.05, 0.1) is 6.61 Å². The number of nitrogens with zero attached hydrogens (tertiary/aromatic N) is 1. The van der Waals surface area contributed by atoms with Crippen LogP contribution in [0.15, 0.2) is 24.3 Å². The number of likely N-dealkylation sites (N-methyl/N-ethyl adjacent to an activating group) is 1.